The normalized spacial score (nSPS) is 28.9. The van der Waals surface area contributed by atoms with Crippen molar-refractivity contribution in [3.8, 4) is 0 Å². The van der Waals surface area contributed by atoms with Crippen LogP contribution in [0.2, 0.25) is 0 Å². The van der Waals surface area contributed by atoms with E-state index in [2.05, 4.69) is 0 Å². The van der Waals surface area contributed by atoms with E-state index in [1.807, 2.05) is 0 Å². The van der Waals surface area contributed by atoms with Crippen molar-refractivity contribution in [3.05, 3.63) is 0 Å². The summed E-state index contributed by atoms with van der Waals surface area (Å²) in [4.78, 5) is 0. The average Bonchev–Trinajstić information content (AvgIpc) is 2.27. The Bertz CT molecular complexity index is 203. The standard InChI is InChI=1S/C12H25NO4/c13-7-6-9(14)4-5-12(16)17-11-3-1-2-10(15)8-11/h9-12,14-16H,1-8,13H2/t9-,10-,11+,12+/m0/s1. The Balaban J connectivity index is 2.13. The maximum Gasteiger partial charge on any atom is 0.155 e. The lowest BCUT2D eigenvalue weighted by atomic mass is 9.95. The van der Waals surface area contributed by atoms with Crippen LogP contribution in [-0.4, -0.2) is 46.5 Å². The summed E-state index contributed by atoms with van der Waals surface area (Å²) >= 11 is 0. The molecule has 0 saturated heterocycles. The highest BCUT2D eigenvalue weighted by Gasteiger charge is 2.23. The van der Waals surface area contributed by atoms with E-state index >= 15 is 0 Å². The summed E-state index contributed by atoms with van der Waals surface area (Å²) in [7, 11) is 0. The Morgan fingerprint density at radius 1 is 1.18 bits per heavy atom. The zero-order valence-corrected chi connectivity index (χ0v) is 10.3. The van der Waals surface area contributed by atoms with Gasteiger partial charge in [0.05, 0.1) is 18.3 Å². The van der Waals surface area contributed by atoms with Crippen LogP contribution in [0.15, 0.2) is 0 Å². The predicted molar refractivity (Wildman–Crippen MR) is 64.3 cm³/mol. The summed E-state index contributed by atoms with van der Waals surface area (Å²) in [6, 6.07) is 0. The molecule has 102 valence electrons. The van der Waals surface area contributed by atoms with Gasteiger partial charge in [0.1, 0.15) is 0 Å². The topological polar surface area (TPSA) is 95.9 Å². The molecule has 0 heterocycles. The first kappa shape index (κ1) is 14.9. The molecule has 0 unspecified atom stereocenters. The molecule has 0 aliphatic heterocycles. The zero-order chi connectivity index (χ0) is 12.7. The second-order valence-electron chi connectivity index (χ2n) is 4.84. The van der Waals surface area contributed by atoms with Gasteiger partial charge in [0.25, 0.3) is 0 Å². The molecule has 5 heteroatoms. The molecule has 0 amide bonds. The molecule has 5 nitrogen and oxygen atoms in total. The molecule has 4 atom stereocenters. The van der Waals surface area contributed by atoms with Crippen molar-refractivity contribution in [2.45, 2.75) is 69.5 Å². The van der Waals surface area contributed by atoms with Gasteiger partial charge in [-0.05, 0) is 45.1 Å². The Morgan fingerprint density at radius 3 is 2.59 bits per heavy atom. The molecule has 5 N–H and O–H groups in total. The molecule has 1 fully saturated rings. The molecule has 1 aliphatic rings. The number of aliphatic hydroxyl groups excluding tert-OH is 3. The third-order valence-electron chi connectivity index (χ3n) is 3.19. The van der Waals surface area contributed by atoms with Crippen molar-refractivity contribution in [2.24, 2.45) is 5.73 Å². The van der Waals surface area contributed by atoms with Gasteiger partial charge in [0.2, 0.25) is 0 Å². The predicted octanol–water partition coefficient (Wildman–Crippen LogP) is 0.115. The highest BCUT2D eigenvalue weighted by atomic mass is 16.6. The molecule has 1 aliphatic carbocycles. The minimum atomic E-state index is -0.849. The molecule has 0 spiro atoms. The van der Waals surface area contributed by atoms with Gasteiger partial charge in [-0.15, -0.1) is 0 Å². The Labute approximate surface area is 103 Å². The van der Waals surface area contributed by atoms with Crippen molar-refractivity contribution in [1.29, 1.82) is 0 Å². The molecule has 0 bridgehead atoms. The van der Waals surface area contributed by atoms with E-state index in [4.69, 9.17) is 10.5 Å². The lowest BCUT2D eigenvalue weighted by molar-refractivity contribution is -0.158. The Morgan fingerprint density at radius 2 is 1.94 bits per heavy atom. The molecule has 0 aromatic carbocycles. The third kappa shape index (κ3) is 6.33. The first-order chi connectivity index (χ1) is 8.11. The van der Waals surface area contributed by atoms with E-state index in [9.17, 15) is 15.3 Å². The van der Waals surface area contributed by atoms with Gasteiger partial charge in [-0.25, -0.2) is 0 Å². The van der Waals surface area contributed by atoms with Crippen LogP contribution in [0.25, 0.3) is 0 Å². The van der Waals surface area contributed by atoms with E-state index in [0.717, 1.165) is 19.3 Å². The van der Waals surface area contributed by atoms with Crippen molar-refractivity contribution >= 4 is 0 Å². The summed E-state index contributed by atoms with van der Waals surface area (Å²) in [6.45, 7) is 0.451. The molecule has 0 radical (unpaired) electrons. The van der Waals surface area contributed by atoms with Crippen LogP contribution in [0.5, 0.6) is 0 Å². The van der Waals surface area contributed by atoms with Gasteiger partial charge >= 0.3 is 0 Å². The fourth-order valence-electron chi connectivity index (χ4n) is 2.21. The molecule has 1 rings (SSSR count). The summed E-state index contributed by atoms with van der Waals surface area (Å²) < 4.78 is 5.44. The molecule has 0 aromatic rings. The smallest absolute Gasteiger partial charge is 0.155 e. The lowest BCUT2D eigenvalue weighted by Gasteiger charge is -2.28. The second kappa shape index (κ2) is 8.00. The summed E-state index contributed by atoms with van der Waals surface area (Å²) in [5.41, 5.74) is 5.32. The van der Waals surface area contributed by atoms with Crippen molar-refractivity contribution in [3.63, 3.8) is 0 Å². The van der Waals surface area contributed by atoms with Crippen LogP contribution in [0.4, 0.5) is 0 Å². The Hall–Kier alpha value is -0.200. The monoisotopic (exact) mass is 247 g/mol. The highest BCUT2D eigenvalue weighted by molar-refractivity contribution is 4.72. The van der Waals surface area contributed by atoms with Crippen LogP contribution >= 0.6 is 0 Å². The van der Waals surface area contributed by atoms with E-state index in [1.165, 1.54) is 0 Å². The number of hydrogen-bond acceptors (Lipinski definition) is 5. The summed E-state index contributed by atoms with van der Waals surface area (Å²) in [5, 5.41) is 28.6. The van der Waals surface area contributed by atoms with Crippen molar-refractivity contribution in [2.75, 3.05) is 6.54 Å². The van der Waals surface area contributed by atoms with Crippen LogP contribution in [0.1, 0.15) is 44.9 Å². The maximum absolute atomic E-state index is 9.66. The number of rotatable bonds is 7. The Kier molecular flexibility index (Phi) is 6.99. The van der Waals surface area contributed by atoms with Crippen LogP contribution in [-0.2, 0) is 4.74 Å². The zero-order valence-electron chi connectivity index (χ0n) is 10.3. The molecular weight excluding hydrogens is 222 g/mol. The number of nitrogens with two attached hydrogens (primary N) is 1. The maximum atomic E-state index is 9.66. The summed E-state index contributed by atoms with van der Waals surface area (Å²) in [5.74, 6) is 0. The van der Waals surface area contributed by atoms with Crippen LogP contribution in [0.3, 0.4) is 0 Å². The van der Waals surface area contributed by atoms with Crippen molar-refractivity contribution < 1.29 is 20.1 Å². The molecule has 17 heavy (non-hydrogen) atoms. The second-order valence-corrected chi connectivity index (χ2v) is 4.84. The van der Waals surface area contributed by atoms with Gasteiger partial charge in [-0.2, -0.15) is 0 Å². The summed E-state index contributed by atoms with van der Waals surface area (Å²) in [6.07, 6.45) is 3.04. The van der Waals surface area contributed by atoms with Crippen molar-refractivity contribution in [1.82, 2.24) is 0 Å². The minimum Gasteiger partial charge on any atom is -0.393 e. The molecule has 0 aromatic heterocycles. The van der Waals surface area contributed by atoms with E-state index in [0.29, 0.717) is 32.2 Å². The highest BCUT2D eigenvalue weighted by Crippen LogP contribution is 2.22. The number of hydrogen-bond donors (Lipinski definition) is 4. The van der Waals surface area contributed by atoms with Gasteiger partial charge < -0.3 is 25.8 Å². The first-order valence-electron chi connectivity index (χ1n) is 6.51. The number of aliphatic hydroxyl groups is 3. The van der Waals surface area contributed by atoms with Crippen LogP contribution in [0, 0.1) is 0 Å². The minimum absolute atomic E-state index is 0.0552. The number of ether oxygens (including phenoxy) is 1. The largest absolute Gasteiger partial charge is 0.393 e. The fourth-order valence-corrected chi connectivity index (χ4v) is 2.21. The average molecular weight is 247 g/mol. The van der Waals surface area contributed by atoms with E-state index in [1.54, 1.807) is 0 Å². The van der Waals surface area contributed by atoms with E-state index in [-0.39, 0.29) is 12.2 Å². The molecular formula is C12H25NO4. The molecule has 1 saturated carbocycles. The van der Waals surface area contributed by atoms with Crippen LogP contribution < -0.4 is 5.73 Å². The third-order valence-corrected chi connectivity index (χ3v) is 3.19. The SMILES string of the molecule is NCC[C@@H](O)CC[C@H](O)O[C@@H]1CCC[C@H](O)C1. The first-order valence-corrected chi connectivity index (χ1v) is 6.51. The lowest BCUT2D eigenvalue weighted by Crippen LogP contribution is -2.30. The van der Waals surface area contributed by atoms with E-state index < -0.39 is 12.4 Å². The van der Waals surface area contributed by atoms with Gasteiger partial charge in [-0.1, -0.05) is 0 Å². The van der Waals surface area contributed by atoms with Gasteiger partial charge in [0, 0.05) is 6.42 Å². The fraction of sp³-hybridized carbons (Fsp3) is 1.00. The van der Waals surface area contributed by atoms with Gasteiger partial charge in [0.15, 0.2) is 6.29 Å². The van der Waals surface area contributed by atoms with Gasteiger partial charge in [-0.3, -0.25) is 0 Å². The quantitative estimate of drug-likeness (QED) is 0.479.